The van der Waals surface area contributed by atoms with Gasteiger partial charge >= 0.3 is 0 Å². The highest BCUT2D eigenvalue weighted by Gasteiger charge is 2.27. The summed E-state index contributed by atoms with van der Waals surface area (Å²) in [4.78, 5) is 14.5. The lowest BCUT2D eigenvalue weighted by Gasteiger charge is -2.32. The van der Waals surface area contributed by atoms with Gasteiger partial charge in [0.25, 0.3) is 5.22 Å². The van der Waals surface area contributed by atoms with Gasteiger partial charge in [0.2, 0.25) is 11.8 Å². The van der Waals surface area contributed by atoms with E-state index in [2.05, 4.69) is 10.2 Å². The number of rotatable bonds is 5. The predicted molar refractivity (Wildman–Crippen MR) is 94.7 cm³/mol. The quantitative estimate of drug-likeness (QED) is 0.747. The van der Waals surface area contributed by atoms with Crippen LogP contribution in [0.2, 0.25) is 0 Å². The highest BCUT2D eigenvalue weighted by molar-refractivity contribution is 8.00. The summed E-state index contributed by atoms with van der Waals surface area (Å²) in [5.41, 5.74) is 0.652. The lowest BCUT2D eigenvalue weighted by Crippen LogP contribution is -2.42. The van der Waals surface area contributed by atoms with E-state index in [-0.39, 0.29) is 17.0 Å². The molecule has 1 aliphatic rings. The molecule has 7 heteroatoms. The highest BCUT2D eigenvalue weighted by Crippen LogP contribution is 2.29. The molecule has 0 radical (unpaired) electrons. The van der Waals surface area contributed by atoms with Crippen LogP contribution in [0.4, 0.5) is 4.39 Å². The number of halogens is 1. The first-order chi connectivity index (χ1) is 12.0. The zero-order valence-corrected chi connectivity index (χ0v) is 15.3. The van der Waals surface area contributed by atoms with Crippen molar-refractivity contribution in [3.63, 3.8) is 0 Å². The summed E-state index contributed by atoms with van der Waals surface area (Å²) in [6, 6.07) is 6.20. The van der Waals surface area contributed by atoms with Crippen LogP contribution in [0.15, 0.2) is 33.9 Å². The first-order valence-electron chi connectivity index (χ1n) is 8.57. The van der Waals surface area contributed by atoms with Crippen molar-refractivity contribution >= 4 is 17.7 Å². The average Bonchev–Trinajstić information content (AvgIpc) is 3.10. The standard InChI is InChI=1S/C18H22FN3O2S/c1-12(17(23)22(2)15-6-4-3-5-7-15)25-18-21-20-16(24-18)13-8-10-14(19)11-9-13/h8-12,15H,3-7H2,1-2H3/t12-/m1/s1. The predicted octanol–water partition coefficient (Wildman–Crippen LogP) is 4.15. The van der Waals surface area contributed by atoms with Gasteiger partial charge in [-0.15, -0.1) is 10.2 Å². The molecule has 0 aliphatic heterocycles. The van der Waals surface area contributed by atoms with E-state index in [1.54, 1.807) is 12.1 Å². The Labute approximate surface area is 151 Å². The third-order valence-corrected chi connectivity index (χ3v) is 5.51. The van der Waals surface area contributed by atoms with Crippen LogP contribution in [0.25, 0.3) is 11.5 Å². The third-order valence-electron chi connectivity index (χ3n) is 4.59. The zero-order chi connectivity index (χ0) is 17.8. The Morgan fingerprint density at radius 1 is 1.24 bits per heavy atom. The second-order valence-corrected chi connectivity index (χ2v) is 7.67. The van der Waals surface area contributed by atoms with Crippen molar-refractivity contribution in [1.82, 2.24) is 15.1 Å². The van der Waals surface area contributed by atoms with Crippen LogP contribution in [0.1, 0.15) is 39.0 Å². The fourth-order valence-electron chi connectivity index (χ4n) is 3.10. The first-order valence-corrected chi connectivity index (χ1v) is 9.45. The molecule has 1 aromatic heterocycles. The van der Waals surface area contributed by atoms with Gasteiger partial charge in [0, 0.05) is 18.7 Å². The lowest BCUT2D eigenvalue weighted by atomic mass is 9.94. The van der Waals surface area contributed by atoms with Gasteiger partial charge < -0.3 is 9.32 Å². The summed E-state index contributed by atoms with van der Waals surface area (Å²) in [6.45, 7) is 1.86. The van der Waals surface area contributed by atoms with E-state index in [1.807, 2.05) is 18.9 Å². The molecule has 1 aliphatic carbocycles. The van der Waals surface area contributed by atoms with Crippen molar-refractivity contribution < 1.29 is 13.6 Å². The van der Waals surface area contributed by atoms with Gasteiger partial charge in [-0.2, -0.15) is 0 Å². The zero-order valence-electron chi connectivity index (χ0n) is 14.4. The summed E-state index contributed by atoms with van der Waals surface area (Å²) in [5, 5.41) is 8.02. The van der Waals surface area contributed by atoms with Gasteiger partial charge in [0.1, 0.15) is 5.82 Å². The summed E-state index contributed by atoms with van der Waals surface area (Å²) < 4.78 is 18.6. The monoisotopic (exact) mass is 363 g/mol. The van der Waals surface area contributed by atoms with Gasteiger partial charge in [-0.1, -0.05) is 31.0 Å². The molecule has 1 fully saturated rings. The number of hydrogen-bond acceptors (Lipinski definition) is 5. The Hall–Kier alpha value is -1.89. The van der Waals surface area contributed by atoms with Gasteiger partial charge in [-0.3, -0.25) is 4.79 Å². The summed E-state index contributed by atoms with van der Waals surface area (Å²) >= 11 is 1.26. The molecule has 134 valence electrons. The number of aromatic nitrogens is 2. The van der Waals surface area contributed by atoms with Crippen LogP contribution in [-0.4, -0.2) is 39.3 Å². The minimum atomic E-state index is -0.317. The minimum absolute atomic E-state index is 0.0819. The van der Waals surface area contributed by atoms with Crippen LogP contribution in [0.5, 0.6) is 0 Å². The number of thioether (sulfide) groups is 1. The second-order valence-electron chi connectivity index (χ2n) is 6.38. The molecule has 3 rings (SSSR count). The van der Waals surface area contributed by atoms with Crippen molar-refractivity contribution in [1.29, 1.82) is 0 Å². The largest absolute Gasteiger partial charge is 0.411 e. The van der Waals surface area contributed by atoms with Crippen molar-refractivity contribution in [3.8, 4) is 11.5 Å². The van der Waals surface area contributed by atoms with Crippen LogP contribution in [0, 0.1) is 5.82 Å². The Morgan fingerprint density at radius 3 is 2.60 bits per heavy atom. The van der Waals surface area contributed by atoms with E-state index < -0.39 is 0 Å². The lowest BCUT2D eigenvalue weighted by molar-refractivity contribution is -0.131. The number of hydrogen-bond donors (Lipinski definition) is 0. The van der Waals surface area contributed by atoms with Crippen LogP contribution >= 0.6 is 11.8 Å². The molecule has 0 N–H and O–H groups in total. The molecule has 0 unspecified atom stereocenters. The second kappa shape index (κ2) is 7.99. The molecular weight excluding hydrogens is 341 g/mol. The van der Waals surface area contributed by atoms with Crippen molar-refractivity contribution in [2.75, 3.05) is 7.05 Å². The Morgan fingerprint density at radius 2 is 1.92 bits per heavy atom. The van der Waals surface area contributed by atoms with E-state index in [4.69, 9.17) is 4.42 Å². The number of amides is 1. The van der Waals surface area contributed by atoms with Crippen LogP contribution in [0.3, 0.4) is 0 Å². The van der Waals surface area contributed by atoms with Gasteiger partial charge in [0.05, 0.1) is 5.25 Å². The van der Waals surface area contributed by atoms with Crippen LogP contribution < -0.4 is 0 Å². The Balaban J connectivity index is 1.61. The molecule has 0 bridgehead atoms. The highest BCUT2D eigenvalue weighted by atomic mass is 32.2. The van der Waals surface area contributed by atoms with Gasteiger partial charge in [-0.05, 0) is 44.0 Å². The normalized spacial score (nSPS) is 16.6. The average molecular weight is 363 g/mol. The third kappa shape index (κ3) is 4.39. The fourth-order valence-corrected chi connectivity index (χ4v) is 3.89. The summed E-state index contributed by atoms with van der Waals surface area (Å²) in [5.74, 6) is 0.0871. The SMILES string of the molecule is C[C@@H](Sc1nnc(-c2ccc(F)cc2)o1)C(=O)N(C)C1CCCCC1. The maximum Gasteiger partial charge on any atom is 0.277 e. The van der Waals surface area contributed by atoms with Gasteiger partial charge in [-0.25, -0.2) is 4.39 Å². The van der Waals surface area contributed by atoms with Crippen LogP contribution in [-0.2, 0) is 4.79 Å². The Bertz CT molecular complexity index is 713. The van der Waals surface area contributed by atoms with Gasteiger partial charge in [0.15, 0.2) is 0 Å². The maximum absolute atomic E-state index is 13.0. The molecule has 1 aromatic carbocycles. The van der Waals surface area contributed by atoms with E-state index in [0.717, 1.165) is 12.8 Å². The Kier molecular flexibility index (Phi) is 5.73. The molecule has 0 saturated heterocycles. The number of carbonyl (C=O) groups excluding carboxylic acids is 1. The van der Waals surface area contributed by atoms with E-state index >= 15 is 0 Å². The van der Waals surface area contributed by atoms with E-state index in [0.29, 0.717) is 22.7 Å². The minimum Gasteiger partial charge on any atom is -0.411 e. The topological polar surface area (TPSA) is 59.2 Å². The van der Waals surface area contributed by atoms with Crippen molar-refractivity contribution in [2.24, 2.45) is 0 Å². The molecule has 1 heterocycles. The molecule has 1 amide bonds. The van der Waals surface area contributed by atoms with Crippen molar-refractivity contribution in [2.45, 2.75) is 55.5 Å². The first kappa shape index (κ1) is 17.9. The molecular formula is C18H22FN3O2S. The van der Waals surface area contributed by atoms with E-state index in [1.165, 1.54) is 43.2 Å². The smallest absolute Gasteiger partial charge is 0.277 e. The number of benzene rings is 1. The van der Waals surface area contributed by atoms with E-state index in [9.17, 15) is 9.18 Å². The molecule has 0 spiro atoms. The summed E-state index contributed by atoms with van der Waals surface area (Å²) in [7, 11) is 1.88. The molecule has 2 aromatic rings. The molecule has 5 nitrogen and oxygen atoms in total. The molecule has 1 saturated carbocycles. The van der Waals surface area contributed by atoms with Crippen molar-refractivity contribution in [3.05, 3.63) is 30.1 Å². The number of carbonyl (C=O) groups is 1. The molecule has 25 heavy (non-hydrogen) atoms. The summed E-state index contributed by atoms with van der Waals surface area (Å²) in [6.07, 6.45) is 5.80. The molecule has 1 atom stereocenters. The fraction of sp³-hybridized carbons (Fsp3) is 0.500. The number of nitrogens with zero attached hydrogens (tertiary/aromatic N) is 3. The maximum atomic E-state index is 13.0.